The smallest absolute Gasteiger partial charge is 0.230 e. The Morgan fingerprint density at radius 3 is 2.62 bits per heavy atom. The van der Waals surface area contributed by atoms with Crippen LogP contribution in [0.3, 0.4) is 0 Å². The fraction of sp³-hybridized carbons (Fsp3) is 0.350. The Labute approximate surface area is 153 Å². The summed E-state index contributed by atoms with van der Waals surface area (Å²) in [5.74, 6) is -0.763. The first-order valence-corrected chi connectivity index (χ1v) is 8.84. The molecule has 0 aliphatic carbocycles. The Morgan fingerprint density at radius 2 is 1.96 bits per heavy atom. The van der Waals surface area contributed by atoms with Crippen LogP contribution in [0.15, 0.2) is 48.5 Å². The minimum Gasteiger partial charge on any atom is -0.370 e. The van der Waals surface area contributed by atoms with Crippen molar-refractivity contribution in [2.75, 3.05) is 23.8 Å². The number of hydrogen-bond acceptors (Lipinski definition) is 4. The lowest BCUT2D eigenvalue weighted by Crippen LogP contribution is -2.30. The predicted octanol–water partition coefficient (Wildman–Crippen LogP) is 3.07. The molecule has 6 heteroatoms. The molecule has 3 rings (SSSR count). The average molecular weight is 356 g/mol. The standard InChI is InChI=1S/C20H25FN4O/c1-13(2)25(3)18-10-9-15(11-17(18)21)23-20(26)16-12-22-24-19(16)14-7-5-4-6-8-14/h4-11,13,16,19,22,24H,12H2,1-3H3,(H,23,26). The lowest BCUT2D eigenvalue weighted by Gasteiger charge is -2.24. The summed E-state index contributed by atoms with van der Waals surface area (Å²) in [5, 5.41) is 2.84. The highest BCUT2D eigenvalue weighted by atomic mass is 19.1. The summed E-state index contributed by atoms with van der Waals surface area (Å²) in [6, 6.07) is 14.7. The first-order valence-electron chi connectivity index (χ1n) is 8.84. The number of nitrogens with one attached hydrogen (secondary N) is 3. The van der Waals surface area contributed by atoms with Crippen LogP contribution in [0.4, 0.5) is 15.8 Å². The van der Waals surface area contributed by atoms with E-state index >= 15 is 0 Å². The van der Waals surface area contributed by atoms with Gasteiger partial charge in [0.1, 0.15) is 5.82 Å². The summed E-state index contributed by atoms with van der Waals surface area (Å²) in [5.41, 5.74) is 8.21. The molecule has 1 aliphatic rings. The minimum atomic E-state index is -0.346. The average Bonchev–Trinajstić information content (AvgIpc) is 3.12. The van der Waals surface area contributed by atoms with E-state index in [1.807, 2.05) is 56.1 Å². The third-order valence-corrected chi connectivity index (χ3v) is 4.85. The van der Waals surface area contributed by atoms with Crippen LogP contribution in [0.1, 0.15) is 25.5 Å². The molecule has 1 aliphatic heterocycles. The highest BCUT2D eigenvalue weighted by Gasteiger charge is 2.33. The maximum atomic E-state index is 14.4. The number of carbonyl (C=O) groups is 1. The quantitative estimate of drug-likeness (QED) is 0.771. The fourth-order valence-corrected chi connectivity index (χ4v) is 3.10. The van der Waals surface area contributed by atoms with E-state index in [1.165, 1.54) is 6.07 Å². The van der Waals surface area contributed by atoms with E-state index in [4.69, 9.17) is 0 Å². The van der Waals surface area contributed by atoms with Crippen molar-refractivity contribution in [1.29, 1.82) is 0 Å². The zero-order chi connectivity index (χ0) is 18.7. The van der Waals surface area contributed by atoms with Gasteiger partial charge in [-0.25, -0.2) is 9.82 Å². The lowest BCUT2D eigenvalue weighted by molar-refractivity contribution is -0.119. The first-order chi connectivity index (χ1) is 12.5. The van der Waals surface area contributed by atoms with Crippen molar-refractivity contribution in [1.82, 2.24) is 10.9 Å². The summed E-state index contributed by atoms with van der Waals surface area (Å²) in [4.78, 5) is 14.6. The third-order valence-electron chi connectivity index (χ3n) is 4.85. The molecule has 5 nitrogen and oxygen atoms in total. The number of hydrogen-bond donors (Lipinski definition) is 3. The molecule has 2 aromatic carbocycles. The molecule has 0 aromatic heterocycles. The van der Waals surface area contributed by atoms with Gasteiger partial charge in [-0.2, -0.15) is 0 Å². The molecular formula is C20H25FN4O. The minimum absolute atomic E-state index is 0.118. The molecule has 2 unspecified atom stereocenters. The molecule has 2 atom stereocenters. The van der Waals surface area contributed by atoms with E-state index in [0.29, 0.717) is 17.9 Å². The Hall–Kier alpha value is -2.44. The molecule has 1 saturated heterocycles. The number of amides is 1. The van der Waals surface area contributed by atoms with Crippen molar-refractivity contribution in [3.63, 3.8) is 0 Å². The van der Waals surface area contributed by atoms with Crippen molar-refractivity contribution >= 4 is 17.3 Å². The number of rotatable bonds is 5. The molecule has 0 bridgehead atoms. The number of carbonyl (C=O) groups excluding carboxylic acids is 1. The summed E-state index contributed by atoms with van der Waals surface area (Å²) in [6.45, 7) is 4.51. The maximum absolute atomic E-state index is 14.4. The lowest BCUT2D eigenvalue weighted by atomic mass is 9.94. The fourth-order valence-electron chi connectivity index (χ4n) is 3.10. The van der Waals surface area contributed by atoms with Gasteiger partial charge in [0.2, 0.25) is 5.91 Å². The van der Waals surface area contributed by atoms with Crippen LogP contribution >= 0.6 is 0 Å². The molecule has 1 amide bonds. The van der Waals surface area contributed by atoms with Crippen molar-refractivity contribution in [2.45, 2.75) is 25.9 Å². The molecule has 1 fully saturated rings. The van der Waals surface area contributed by atoms with E-state index in [2.05, 4.69) is 16.2 Å². The molecular weight excluding hydrogens is 331 g/mol. The van der Waals surface area contributed by atoms with Crippen LogP contribution in [0.5, 0.6) is 0 Å². The molecule has 1 heterocycles. The zero-order valence-corrected chi connectivity index (χ0v) is 15.3. The van der Waals surface area contributed by atoms with Gasteiger partial charge >= 0.3 is 0 Å². The zero-order valence-electron chi connectivity index (χ0n) is 15.3. The number of nitrogens with zero attached hydrogens (tertiary/aromatic N) is 1. The molecule has 0 saturated carbocycles. The normalized spacial score (nSPS) is 19.6. The van der Waals surface area contributed by atoms with Crippen LogP contribution < -0.4 is 21.1 Å². The Kier molecular flexibility index (Phi) is 5.54. The van der Waals surface area contributed by atoms with Gasteiger partial charge in [-0.05, 0) is 37.6 Å². The van der Waals surface area contributed by atoms with Crippen molar-refractivity contribution in [2.24, 2.45) is 5.92 Å². The molecule has 26 heavy (non-hydrogen) atoms. The molecule has 0 radical (unpaired) electrons. The van der Waals surface area contributed by atoms with Gasteiger partial charge in [-0.1, -0.05) is 30.3 Å². The highest BCUT2D eigenvalue weighted by molar-refractivity contribution is 5.93. The topological polar surface area (TPSA) is 56.4 Å². The predicted molar refractivity (Wildman–Crippen MR) is 102 cm³/mol. The van der Waals surface area contributed by atoms with Crippen molar-refractivity contribution in [3.05, 3.63) is 59.9 Å². The van der Waals surface area contributed by atoms with Gasteiger partial charge in [0.15, 0.2) is 0 Å². The van der Waals surface area contributed by atoms with Crippen LogP contribution in [-0.2, 0) is 4.79 Å². The summed E-state index contributed by atoms with van der Waals surface area (Å²) < 4.78 is 14.4. The maximum Gasteiger partial charge on any atom is 0.230 e. The van der Waals surface area contributed by atoms with Gasteiger partial charge in [-0.15, -0.1) is 0 Å². The first kappa shape index (κ1) is 18.4. The van der Waals surface area contributed by atoms with Gasteiger partial charge in [-0.3, -0.25) is 10.2 Å². The Morgan fingerprint density at radius 1 is 1.23 bits per heavy atom. The van der Waals surface area contributed by atoms with E-state index < -0.39 is 0 Å². The number of anilines is 2. The second-order valence-electron chi connectivity index (χ2n) is 6.88. The second-order valence-corrected chi connectivity index (χ2v) is 6.88. The third kappa shape index (κ3) is 3.86. The van der Waals surface area contributed by atoms with E-state index in [0.717, 1.165) is 5.56 Å². The Bertz CT molecular complexity index is 766. The highest BCUT2D eigenvalue weighted by Crippen LogP contribution is 2.27. The van der Waals surface area contributed by atoms with Crippen LogP contribution in [-0.4, -0.2) is 25.5 Å². The SMILES string of the molecule is CC(C)N(C)c1ccc(NC(=O)C2CNNC2c2ccccc2)cc1F. The monoisotopic (exact) mass is 356 g/mol. The van der Waals surface area contributed by atoms with E-state index in [1.54, 1.807) is 12.1 Å². The van der Waals surface area contributed by atoms with E-state index in [-0.39, 0.29) is 29.7 Å². The second kappa shape index (κ2) is 7.85. The molecule has 2 aromatic rings. The van der Waals surface area contributed by atoms with Crippen LogP contribution in [0.25, 0.3) is 0 Å². The number of halogens is 1. The van der Waals surface area contributed by atoms with Gasteiger partial charge in [0.25, 0.3) is 0 Å². The Balaban J connectivity index is 1.72. The summed E-state index contributed by atoms with van der Waals surface area (Å²) >= 11 is 0. The van der Waals surface area contributed by atoms with Crippen molar-refractivity contribution < 1.29 is 9.18 Å². The van der Waals surface area contributed by atoms with Crippen LogP contribution in [0, 0.1) is 11.7 Å². The largest absolute Gasteiger partial charge is 0.370 e. The number of benzene rings is 2. The number of hydrazine groups is 1. The van der Waals surface area contributed by atoms with Gasteiger partial charge in [0.05, 0.1) is 17.6 Å². The van der Waals surface area contributed by atoms with Crippen molar-refractivity contribution in [3.8, 4) is 0 Å². The van der Waals surface area contributed by atoms with E-state index in [9.17, 15) is 9.18 Å². The molecule has 138 valence electrons. The summed E-state index contributed by atoms with van der Waals surface area (Å²) in [6.07, 6.45) is 0. The molecule has 0 spiro atoms. The molecule has 3 N–H and O–H groups in total. The van der Waals surface area contributed by atoms with Crippen LogP contribution in [0.2, 0.25) is 0 Å². The van der Waals surface area contributed by atoms with Gasteiger partial charge in [0, 0.05) is 25.3 Å². The van der Waals surface area contributed by atoms with Gasteiger partial charge < -0.3 is 10.2 Å². The summed E-state index contributed by atoms with van der Waals surface area (Å²) in [7, 11) is 1.85.